The van der Waals surface area contributed by atoms with Crippen LogP contribution in [0.25, 0.3) is 0 Å². The molecular weight excluding hydrogens is 192 g/mol. The zero-order chi connectivity index (χ0) is 11.3. The van der Waals surface area contributed by atoms with Gasteiger partial charge in [-0.1, -0.05) is 12.1 Å². The molecule has 0 heterocycles. The molecule has 0 aliphatic rings. The number of hydrogen-bond acceptors (Lipinski definition) is 3. The molecule has 3 nitrogen and oxygen atoms in total. The Hall–Kier alpha value is -1.06. The molecule has 1 unspecified atom stereocenters. The summed E-state index contributed by atoms with van der Waals surface area (Å²) < 4.78 is 10.6. The minimum absolute atomic E-state index is 0.0346. The second-order valence-corrected chi connectivity index (χ2v) is 3.63. The van der Waals surface area contributed by atoms with Crippen molar-refractivity contribution in [3.05, 3.63) is 29.8 Å². The Morgan fingerprint density at radius 2 is 1.80 bits per heavy atom. The maximum atomic E-state index is 9.32. The summed E-state index contributed by atoms with van der Waals surface area (Å²) in [6, 6.07) is 7.43. The molecule has 1 aromatic rings. The average Bonchev–Trinajstić information content (AvgIpc) is 2.18. The summed E-state index contributed by atoms with van der Waals surface area (Å²) in [6.07, 6.45) is -0.400. The third-order valence-corrected chi connectivity index (χ3v) is 2.10. The molecule has 0 saturated carbocycles. The van der Waals surface area contributed by atoms with Crippen molar-refractivity contribution < 1.29 is 14.6 Å². The lowest BCUT2D eigenvalue weighted by Gasteiger charge is -2.14. The SMILES string of the molecule is COCC(C)Oc1ccc([C@H](C)O)cc1. The van der Waals surface area contributed by atoms with Crippen molar-refractivity contribution in [1.29, 1.82) is 0 Å². The highest BCUT2D eigenvalue weighted by Crippen LogP contribution is 2.18. The van der Waals surface area contributed by atoms with Gasteiger partial charge in [-0.15, -0.1) is 0 Å². The Labute approximate surface area is 90.6 Å². The third kappa shape index (κ3) is 3.90. The van der Waals surface area contributed by atoms with Gasteiger partial charge in [-0.2, -0.15) is 0 Å². The monoisotopic (exact) mass is 210 g/mol. The first-order valence-corrected chi connectivity index (χ1v) is 5.07. The Balaban J connectivity index is 2.56. The fraction of sp³-hybridized carbons (Fsp3) is 0.500. The molecule has 84 valence electrons. The van der Waals surface area contributed by atoms with Gasteiger partial charge >= 0.3 is 0 Å². The van der Waals surface area contributed by atoms with E-state index < -0.39 is 6.10 Å². The molecule has 0 amide bonds. The topological polar surface area (TPSA) is 38.7 Å². The first kappa shape index (κ1) is 12.0. The van der Waals surface area contributed by atoms with Gasteiger partial charge in [0.05, 0.1) is 12.7 Å². The van der Waals surface area contributed by atoms with Crippen molar-refractivity contribution in [1.82, 2.24) is 0 Å². The molecule has 1 N–H and O–H groups in total. The van der Waals surface area contributed by atoms with Gasteiger partial charge in [-0.25, -0.2) is 0 Å². The molecule has 0 fully saturated rings. The Kier molecular flexibility index (Phi) is 4.59. The van der Waals surface area contributed by atoms with Crippen LogP contribution in [0.4, 0.5) is 0 Å². The highest BCUT2D eigenvalue weighted by Gasteiger charge is 2.04. The summed E-state index contributed by atoms with van der Waals surface area (Å²) in [5.41, 5.74) is 0.891. The number of benzene rings is 1. The molecule has 0 aliphatic heterocycles. The van der Waals surface area contributed by atoms with Crippen molar-refractivity contribution in [2.75, 3.05) is 13.7 Å². The molecule has 15 heavy (non-hydrogen) atoms. The molecule has 0 aromatic heterocycles. The standard InChI is InChI=1S/C12H18O3/c1-9(8-14-3)15-12-6-4-11(5-7-12)10(2)13/h4-7,9-10,13H,8H2,1-3H3/t9?,10-/m0/s1. The van der Waals surface area contributed by atoms with E-state index in [2.05, 4.69) is 0 Å². The number of hydrogen-bond donors (Lipinski definition) is 1. The van der Waals surface area contributed by atoms with Crippen LogP contribution in [-0.4, -0.2) is 24.9 Å². The van der Waals surface area contributed by atoms with Crippen molar-refractivity contribution in [2.24, 2.45) is 0 Å². The summed E-state index contributed by atoms with van der Waals surface area (Å²) in [5.74, 6) is 0.795. The number of aliphatic hydroxyl groups is 1. The van der Waals surface area contributed by atoms with Crippen LogP contribution in [0.2, 0.25) is 0 Å². The quantitative estimate of drug-likeness (QED) is 0.809. The van der Waals surface area contributed by atoms with E-state index in [1.165, 1.54) is 0 Å². The van der Waals surface area contributed by atoms with Crippen molar-refractivity contribution in [3.63, 3.8) is 0 Å². The number of methoxy groups -OCH3 is 1. The van der Waals surface area contributed by atoms with Crippen LogP contribution < -0.4 is 4.74 Å². The van der Waals surface area contributed by atoms with E-state index >= 15 is 0 Å². The van der Waals surface area contributed by atoms with Crippen LogP contribution in [-0.2, 0) is 4.74 Å². The fourth-order valence-electron chi connectivity index (χ4n) is 1.33. The van der Waals surface area contributed by atoms with Crippen LogP contribution in [0.15, 0.2) is 24.3 Å². The molecule has 0 saturated heterocycles. The normalized spacial score (nSPS) is 14.7. The maximum Gasteiger partial charge on any atom is 0.119 e. The molecule has 0 spiro atoms. The van der Waals surface area contributed by atoms with Gasteiger partial charge in [0.2, 0.25) is 0 Å². The Morgan fingerprint density at radius 3 is 2.27 bits per heavy atom. The molecule has 0 bridgehead atoms. The lowest BCUT2D eigenvalue weighted by molar-refractivity contribution is 0.0920. The summed E-state index contributed by atoms with van der Waals surface area (Å²) in [5, 5.41) is 9.32. The van der Waals surface area contributed by atoms with Crippen molar-refractivity contribution in [2.45, 2.75) is 26.1 Å². The molecule has 1 rings (SSSR count). The van der Waals surface area contributed by atoms with Crippen LogP contribution in [0.1, 0.15) is 25.5 Å². The largest absolute Gasteiger partial charge is 0.488 e. The van der Waals surface area contributed by atoms with Gasteiger partial charge in [0.1, 0.15) is 11.9 Å². The molecule has 0 aliphatic carbocycles. The number of rotatable bonds is 5. The van der Waals surface area contributed by atoms with Gasteiger partial charge in [0.25, 0.3) is 0 Å². The zero-order valence-electron chi connectivity index (χ0n) is 9.43. The van der Waals surface area contributed by atoms with E-state index in [1.807, 2.05) is 31.2 Å². The van der Waals surface area contributed by atoms with E-state index in [-0.39, 0.29) is 6.10 Å². The second kappa shape index (κ2) is 5.73. The fourth-order valence-corrected chi connectivity index (χ4v) is 1.33. The lowest BCUT2D eigenvalue weighted by Crippen LogP contribution is -2.17. The minimum atomic E-state index is -0.435. The summed E-state index contributed by atoms with van der Waals surface area (Å²) >= 11 is 0. The predicted molar refractivity (Wildman–Crippen MR) is 59.0 cm³/mol. The predicted octanol–water partition coefficient (Wildman–Crippen LogP) is 2.15. The highest BCUT2D eigenvalue weighted by atomic mass is 16.5. The molecule has 0 radical (unpaired) electrons. The molecule has 1 aromatic carbocycles. The van der Waals surface area contributed by atoms with E-state index in [9.17, 15) is 5.11 Å². The Morgan fingerprint density at radius 1 is 1.20 bits per heavy atom. The molecular formula is C12H18O3. The van der Waals surface area contributed by atoms with Crippen molar-refractivity contribution >= 4 is 0 Å². The van der Waals surface area contributed by atoms with E-state index in [0.29, 0.717) is 6.61 Å². The smallest absolute Gasteiger partial charge is 0.119 e. The van der Waals surface area contributed by atoms with Gasteiger partial charge < -0.3 is 14.6 Å². The van der Waals surface area contributed by atoms with E-state index in [4.69, 9.17) is 9.47 Å². The van der Waals surface area contributed by atoms with Gasteiger partial charge in [-0.3, -0.25) is 0 Å². The third-order valence-electron chi connectivity index (χ3n) is 2.10. The van der Waals surface area contributed by atoms with Gasteiger partial charge in [0.15, 0.2) is 0 Å². The minimum Gasteiger partial charge on any atom is -0.488 e. The number of ether oxygens (including phenoxy) is 2. The van der Waals surface area contributed by atoms with Gasteiger partial charge in [-0.05, 0) is 31.5 Å². The van der Waals surface area contributed by atoms with Gasteiger partial charge in [0, 0.05) is 7.11 Å². The average molecular weight is 210 g/mol. The summed E-state index contributed by atoms with van der Waals surface area (Å²) in [4.78, 5) is 0. The number of aliphatic hydroxyl groups excluding tert-OH is 1. The van der Waals surface area contributed by atoms with Crippen molar-refractivity contribution in [3.8, 4) is 5.75 Å². The maximum absolute atomic E-state index is 9.32. The Bertz CT molecular complexity index is 279. The first-order valence-electron chi connectivity index (χ1n) is 5.07. The van der Waals surface area contributed by atoms with E-state index in [0.717, 1.165) is 11.3 Å². The zero-order valence-corrected chi connectivity index (χ0v) is 9.43. The van der Waals surface area contributed by atoms with Crippen LogP contribution in [0, 0.1) is 0 Å². The lowest BCUT2D eigenvalue weighted by atomic mass is 10.1. The molecule has 2 atom stereocenters. The van der Waals surface area contributed by atoms with Crippen LogP contribution in [0.3, 0.4) is 0 Å². The van der Waals surface area contributed by atoms with Crippen LogP contribution in [0.5, 0.6) is 5.75 Å². The summed E-state index contributed by atoms with van der Waals surface area (Å²) in [7, 11) is 1.65. The summed E-state index contributed by atoms with van der Waals surface area (Å²) in [6.45, 7) is 4.26. The van der Waals surface area contributed by atoms with Crippen LogP contribution >= 0.6 is 0 Å². The first-order chi connectivity index (χ1) is 7.13. The molecule has 3 heteroatoms. The highest BCUT2D eigenvalue weighted by molar-refractivity contribution is 5.28. The van der Waals surface area contributed by atoms with E-state index in [1.54, 1.807) is 14.0 Å². The second-order valence-electron chi connectivity index (χ2n) is 3.63.